The van der Waals surface area contributed by atoms with Crippen molar-refractivity contribution in [3.05, 3.63) is 46.6 Å². The van der Waals surface area contributed by atoms with Gasteiger partial charge in [-0.2, -0.15) is 20.1 Å². The third kappa shape index (κ3) is 3.85. The summed E-state index contributed by atoms with van der Waals surface area (Å²) in [6, 6.07) is 9.55. The number of aromatic nitrogens is 5. The van der Waals surface area contributed by atoms with Crippen LogP contribution in [0.2, 0.25) is 5.02 Å². The highest BCUT2D eigenvalue weighted by molar-refractivity contribution is 6.30. The van der Waals surface area contributed by atoms with E-state index in [4.69, 9.17) is 17.3 Å². The largest absolute Gasteiger partial charge is 0.368 e. The Morgan fingerprint density at radius 1 is 1.15 bits per heavy atom. The van der Waals surface area contributed by atoms with E-state index in [2.05, 4.69) is 35.8 Å². The van der Waals surface area contributed by atoms with Gasteiger partial charge in [0.15, 0.2) is 5.82 Å². The molecule has 2 aromatic heterocycles. The van der Waals surface area contributed by atoms with Gasteiger partial charge in [0.05, 0.1) is 6.04 Å². The molecule has 4 rings (SSSR count). The highest BCUT2D eigenvalue weighted by Gasteiger charge is 2.25. The summed E-state index contributed by atoms with van der Waals surface area (Å²) in [5, 5.41) is 14.3. The van der Waals surface area contributed by atoms with Gasteiger partial charge in [-0.3, -0.25) is 5.10 Å². The quantitative estimate of drug-likeness (QED) is 0.523. The van der Waals surface area contributed by atoms with Crippen LogP contribution in [0.1, 0.15) is 43.0 Å². The van der Waals surface area contributed by atoms with E-state index >= 15 is 0 Å². The second-order valence-corrected chi connectivity index (χ2v) is 6.80. The summed E-state index contributed by atoms with van der Waals surface area (Å²) in [5.74, 6) is 2.12. The molecule has 0 radical (unpaired) electrons. The Morgan fingerprint density at radius 2 is 1.88 bits per heavy atom. The predicted molar refractivity (Wildman–Crippen MR) is 102 cm³/mol. The van der Waals surface area contributed by atoms with Crippen LogP contribution < -0.4 is 16.4 Å². The maximum atomic E-state index is 5.93. The molecule has 1 aliphatic carbocycles. The average molecular weight is 371 g/mol. The first-order valence-electron chi connectivity index (χ1n) is 8.43. The lowest BCUT2D eigenvalue weighted by molar-refractivity contribution is 0.856. The van der Waals surface area contributed by atoms with Gasteiger partial charge in [-0.1, -0.05) is 23.7 Å². The van der Waals surface area contributed by atoms with Gasteiger partial charge < -0.3 is 16.4 Å². The van der Waals surface area contributed by atoms with Gasteiger partial charge in [-0.15, -0.1) is 0 Å². The molecule has 1 unspecified atom stereocenters. The van der Waals surface area contributed by atoms with Crippen LogP contribution in [-0.2, 0) is 0 Å². The standard InChI is InChI=1S/C17H19ClN8/c1-9(10-4-6-12(18)7-5-10)20-16-22-15(19)23-17(24-16)21-14-8-13(25-26-14)11-2-3-11/h4-9,11H,2-3H2,1H3,(H5,19,20,21,22,23,24,25,26). The van der Waals surface area contributed by atoms with E-state index in [1.54, 1.807) is 0 Å². The molecule has 3 aromatic rings. The Kier molecular flexibility index (Phi) is 4.34. The van der Waals surface area contributed by atoms with Crippen molar-refractivity contribution in [3.63, 3.8) is 0 Å². The topological polar surface area (TPSA) is 117 Å². The van der Waals surface area contributed by atoms with E-state index in [1.165, 1.54) is 12.8 Å². The molecule has 0 aliphatic heterocycles. The number of nitrogen functional groups attached to an aromatic ring is 1. The fourth-order valence-electron chi connectivity index (χ4n) is 2.66. The molecule has 5 N–H and O–H groups in total. The Hall–Kier alpha value is -2.87. The molecule has 9 heteroatoms. The van der Waals surface area contributed by atoms with E-state index < -0.39 is 0 Å². The Bertz CT molecular complexity index is 903. The van der Waals surface area contributed by atoms with Crippen molar-refractivity contribution < 1.29 is 0 Å². The van der Waals surface area contributed by atoms with Crippen LogP contribution in [0.15, 0.2) is 30.3 Å². The highest BCUT2D eigenvalue weighted by atomic mass is 35.5. The summed E-state index contributed by atoms with van der Waals surface area (Å²) in [6.07, 6.45) is 2.41. The number of rotatable bonds is 6. The van der Waals surface area contributed by atoms with Gasteiger partial charge in [0, 0.05) is 22.7 Å². The number of aromatic amines is 1. The Morgan fingerprint density at radius 3 is 2.62 bits per heavy atom. The SMILES string of the molecule is CC(Nc1nc(N)nc(Nc2cc(C3CC3)[nH]n2)n1)c1ccc(Cl)cc1. The summed E-state index contributed by atoms with van der Waals surface area (Å²) in [4.78, 5) is 12.7. The van der Waals surface area contributed by atoms with E-state index in [9.17, 15) is 0 Å². The molecule has 0 bridgehead atoms. The first kappa shape index (κ1) is 16.6. The lowest BCUT2D eigenvalue weighted by Gasteiger charge is -2.15. The molecule has 0 saturated heterocycles. The minimum atomic E-state index is -0.0197. The van der Waals surface area contributed by atoms with Crippen LogP contribution in [0.4, 0.5) is 23.7 Å². The summed E-state index contributed by atoms with van der Waals surface area (Å²) in [6.45, 7) is 2.01. The number of nitrogens with one attached hydrogen (secondary N) is 3. The zero-order valence-corrected chi connectivity index (χ0v) is 15.0. The predicted octanol–water partition coefficient (Wildman–Crippen LogP) is 3.62. The van der Waals surface area contributed by atoms with Crippen molar-refractivity contribution in [2.75, 3.05) is 16.4 Å². The monoisotopic (exact) mass is 370 g/mol. The molecule has 2 heterocycles. The van der Waals surface area contributed by atoms with Crippen LogP contribution in [0.3, 0.4) is 0 Å². The highest BCUT2D eigenvalue weighted by Crippen LogP contribution is 2.39. The molecule has 0 amide bonds. The fourth-order valence-corrected chi connectivity index (χ4v) is 2.79. The molecule has 1 fully saturated rings. The minimum absolute atomic E-state index is 0.0197. The van der Waals surface area contributed by atoms with Crippen molar-refractivity contribution in [2.45, 2.75) is 31.7 Å². The van der Waals surface area contributed by atoms with Crippen molar-refractivity contribution >= 4 is 35.3 Å². The second kappa shape index (κ2) is 6.80. The van der Waals surface area contributed by atoms with Gasteiger partial charge >= 0.3 is 0 Å². The van der Waals surface area contributed by atoms with Gasteiger partial charge in [0.25, 0.3) is 0 Å². The van der Waals surface area contributed by atoms with Crippen molar-refractivity contribution in [3.8, 4) is 0 Å². The zero-order chi connectivity index (χ0) is 18.1. The molecule has 1 atom stereocenters. The van der Waals surface area contributed by atoms with Crippen molar-refractivity contribution in [1.29, 1.82) is 0 Å². The summed E-state index contributed by atoms with van der Waals surface area (Å²) in [5.41, 5.74) is 8.01. The molecule has 1 aromatic carbocycles. The molecular weight excluding hydrogens is 352 g/mol. The summed E-state index contributed by atoms with van der Waals surface area (Å²) < 4.78 is 0. The maximum absolute atomic E-state index is 5.93. The Balaban J connectivity index is 1.48. The number of nitrogens with two attached hydrogens (primary N) is 1. The number of nitrogens with zero attached hydrogens (tertiary/aromatic N) is 4. The number of hydrogen-bond donors (Lipinski definition) is 4. The minimum Gasteiger partial charge on any atom is -0.368 e. The van der Waals surface area contributed by atoms with Crippen LogP contribution in [0, 0.1) is 0 Å². The Labute approximate surface area is 155 Å². The normalized spacial score (nSPS) is 14.8. The van der Waals surface area contributed by atoms with Crippen LogP contribution in [0.5, 0.6) is 0 Å². The van der Waals surface area contributed by atoms with Gasteiger partial charge in [0.2, 0.25) is 17.8 Å². The molecule has 1 saturated carbocycles. The fraction of sp³-hybridized carbons (Fsp3) is 0.294. The number of hydrogen-bond acceptors (Lipinski definition) is 7. The van der Waals surface area contributed by atoms with E-state index in [0.717, 1.165) is 11.3 Å². The van der Waals surface area contributed by atoms with E-state index in [1.807, 2.05) is 37.3 Å². The summed E-state index contributed by atoms with van der Waals surface area (Å²) in [7, 11) is 0. The third-order valence-electron chi connectivity index (χ3n) is 4.22. The smallest absolute Gasteiger partial charge is 0.235 e. The summed E-state index contributed by atoms with van der Waals surface area (Å²) >= 11 is 5.93. The van der Waals surface area contributed by atoms with Crippen LogP contribution in [0.25, 0.3) is 0 Å². The molecule has 0 spiro atoms. The molecule has 8 nitrogen and oxygen atoms in total. The molecular formula is C17H19ClN8. The van der Waals surface area contributed by atoms with Crippen molar-refractivity contribution in [2.24, 2.45) is 0 Å². The zero-order valence-electron chi connectivity index (χ0n) is 14.2. The molecule has 134 valence electrons. The number of halogens is 1. The average Bonchev–Trinajstić information content (AvgIpc) is 3.35. The molecule has 26 heavy (non-hydrogen) atoms. The van der Waals surface area contributed by atoms with Crippen LogP contribution in [-0.4, -0.2) is 25.1 Å². The van der Waals surface area contributed by atoms with Crippen molar-refractivity contribution in [1.82, 2.24) is 25.1 Å². The van der Waals surface area contributed by atoms with E-state index in [-0.39, 0.29) is 12.0 Å². The second-order valence-electron chi connectivity index (χ2n) is 6.37. The van der Waals surface area contributed by atoms with Crippen LogP contribution >= 0.6 is 11.6 Å². The number of benzene rings is 1. The third-order valence-corrected chi connectivity index (χ3v) is 4.48. The van der Waals surface area contributed by atoms with Gasteiger partial charge in [-0.25, -0.2) is 0 Å². The number of H-pyrrole nitrogens is 1. The first-order chi connectivity index (χ1) is 12.6. The maximum Gasteiger partial charge on any atom is 0.235 e. The molecule has 1 aliphatic rings. The number of anilines is 4. The van der Waals surface area contributed by atoms with Gasteiger partial charge in [-0.05, 0) is 37.5 Å². The lowest BCUT2D eigenvalue weighted by atomic mass is 10.1. The van der Waals surface area contributed by atoms with Gasteiger partial charge in [0.1, 0.15) is 0 Å². The van der Waals surface area contributed by atoms with E-state index in [0.29, 0.717) is 28.7 Å². The first-order valence-corrected chi connectivity index (χ1v) is 8.80. The lowest BCUT2D eigenvalue weighted by Crippen LogP contribution is -2.12.